The minimum atomic E-state index is -0.00809. The summed E-state index contributed by atoms with van der Waals surface area (Å²) < 4.78 is 0. The highest BCUT2D eigenvalue weighted by molar-refractivity contribution is 6.05. The highest BCUT2D eigenvalue weighted by atomic mass is 16.2. The third-order valence-electron chi connectivity index (χ3n) is 5.05. The molecule has 2 fully saturated rings. The molecule has 1 N–H and O–H groups in total. The molecular formula is C16H28N2O2. The van der Waals surface area contributed by atoms with E-state index in [1.807, 2.05) is 0 Å². The van der Waals surface area contributed by atoms with E-state index in [-0.39, 0.29) is 29.7 Å². The lowest BCUT2D eigenvalue weighted by atomic mass is 9.98. The summed E-state index contributed by atoms with van der Waals surface area (Å²) in [5.74, 6) is 0.633. The Labute approximate surface area is 122 Å². The van der Waals surface area contributed by atoms with Gasteiger partial charge in [0, 0.05) is 12.6 Å². The molecule has 0 aromatic carbocycles. The van der Waals surface area contributed by atoms with Gasteiger partial charge in [0.2, 0.25) is 11.8 Å². The maximum Gasteiger partial charge on any atom is 0.233 e. The van der Waals surface area contributed by atoms with Crippen molar-refractivity contribution in [1.82, 2.24) is 10.2 Å². The first kappa shape index (κ1) is 15.5. The van der Waals surface area contributed by atoms with Crippen molar-refractivity contribution in [3.63, 3.8) is 0 Å². The highest BCUT2D eigenvalue weighted by Crippen LogP contribution is 2.39. The number of carbonyl (C=O) groups excluding carboxylic acids is 2. The van der Waals surface area contributed by atoms with E-state index in [0.717, 1.165) is 38.6 Å². The maximum atomic E-state index is 12.4. The second kappa shape index (κ2) is 6.70. The molecule has 1 aliphatic heterocycles. The molecule has 4 nitrogen and oxygen atoms in total. The van der Waals surface area contributed by atoms with Gasteiger partial charge in [-0.15, -0.1) is 0 Å². The van der Waals surface area contributed by atoms with E-state index in [1.54, 1.807) is 4.90 Å². The van der Waals surface area contributed by atoms with Crippen molar-refractivity contribution in [2.75, 3.05) is 13.1 Å². The van der Waals surface area contributed by atoms with E-state index in [9.17, 15) is 9.59 Å². The van der Waals surface area contributed by atoms with Crippen LogP contribution in [-0.2, 0) is 9.59 Å². The van der Waals surface area contributed by atoms with E-state index in [4.69, 9.17) is 0 Å². The van der Waals surface area contributed by atoms with Gasteiger partial charge in [0.15, 0.2) is 0 Å². The molecule has 4 atom stereocenters. The smallest absolute Gasteiger partial charge is 0.233 e. The zero-order valence-electron chi connectivity index (χ0n) is 13.0. The van der Waals surface area contributed by atoms with E-state index >= 15 is 0 Å². The summed E-state index contributed by atoms with van der Waals surface area (Å²) in [5.41, 5.74) is 0. The third-order valence-corrected chi connectivity index (χ3v) is 5.05. The van der Waals surface area contributed by atoms with Crippen LogP contribution in [-0.4, -0.2) is 35.8 Å². The van der Waals surface area contributed by atoms with Crippen LogP contribution in [0.4, 0.5) is 0 Å². The summed E-state index contributed by atoms with van der Waals surface area (Å²) in [6.45, 7) is 7.99. The van der Waals surface area contributed by atoms with Gasteiger partial charge in [0.25, 0.3) is 0 Å². The van der Waals surface area contributed by atoms with Crippen LogP contribution in [0, 0.1) is 17.8 Å². The van der Waals surface area contributed by atoms with Gasteiger partial charge in [-0.2, -0.15) is 0 Å². The molecule has 0 aromatic heterocycles. The predicted octanol–water partition coefficient (Wildman–Crippen LogP) is 2.19. The van der Waals surface area contributed by atoms with Gasteiger partial charge in [-0.25, -0.2) is 0 Å². The number of likely N-dealkylation sites (tertiary alicyclic amines) is 1. The van der Waals surface area contributed by atoms with Gasteiger partial charge >= 0.3 is 0 Å². The lowest BCUT2D eigenvalue weighted by molar-refractivity contribution is -0.140. The fourth-order valence-electron chi connectivity index (χ4n) is 3.50. The van der Waals surface area contributed by atoms with Crippen LogP contribution in [0.5, 0.6) is 0 Å². The molecule has 2 amide bonds. The normalized spacial score (nSPS) is 28.9. The number of hydrogen-bond acceptors (Lipinski definition) is 3. The molecule has 0 aromatic rings. The van der Waals surface area contributed by atoms with Crippen molar-refractivity contribution in [2.45, 2.75) is 58.9 Å². The largest absolute Gasteiger partial charge is 0.312 e. The summed E-state index contributed by atoms with van der Waals surface area (Å²) in [7, 11) is 0. The average molecular weight is 280 g/mol. The van der Waals surface area contributed by atoms with Crippen molar-refractivity contribution >= 4 is 11.8 Å². The molecule has 0 radical (unpaired) electrons. The molecule has 4 unspecified atom stereocenters. The van der Waals surface area contributed by atoms with Crippen LogP contribution in [0.25, 0.3) is 0 Å². The molecule has 20 heavy (non-hydrogen) atoms. The number of hydrogen-bond donors (Lipinski definition) is 1. The van der Waals surface area contributed by atoms with Gasteiger partial charge < -0.3 is 5.32 Å². The first-order valence-electron chi connectivity index (χ1n) is 8.18. The van der Waals surface area contributed by atoms with Crippen molar-refractivity contribution in [3.8, 4) is 0 Å². The summed E-state index contributed by atoms with van der Waals surface area (Å²) >= 11 is 0. The fourth-order valence-corrected chi connectivity index (χ4v) is 3.50. The summed E-state index contributed by atoms with van der Waals surface area (Å²) in [4.78, 5) is 26.3. The predicted molar refractivity (Wildman–Crippen MR) is 79.1 cm³/mol. The zero-order valence-corrected chi connectivity index (χ0v) is 13.0. The quantitative estimate of drug-likeness (QED) is 0.727. The summed E-state index contributed by atoms with van der Waals surface area (Å²) in [6, 6.07) is 0.228. The first-order valence-corrected chi connectivity index (χ1v) is 8.18. The third kappa shape index (κ3) is 2.90. The molecule has 1 saturated carbocycles. The maximum absolute atomic E-state index is 12.4. The number of nitrogens with one attached hydrogen (secondary N) is 1. The number of imide groups is 1. The molecule has 2 aliphatic rings. The van der Waals surface area contributed by atoms with E-state index in [2.05, 4.69) is 26.1 Å². The molecule has 1 aliphatic carbocycles. The van der Waals surface area contributed by atoms with Gasteiger partial charge in [-0.05, 0) is 31.7 Å². The highest BCUT2D eigenvalue weighted by Gasteiger charge is 2.49. The summed E-state index contributed by atoms with van der Waals surface area (Å²) in [6.07, 6.45) is 4.97. The topological polar surface area (TPSA) is 49.4 Å². The Bertz CT molecular complexity index is 347. The van der Waals surface area contributed by atoms with Crippen LogP contribution in [0.15, 0.2) is 0 Å². The molecular weight excluding hydrogens is 252 g/mol. The van der Waals surface area contributed by atoms with E-state index in [1.165, 1.54) is 0 Å². The number of rotatable bonds is 7. The van der Waals surface area contributed by atoms with Gasteiger partial charge in [0.1, 0.15) is 0 Å². The lowest BCUT2D eigenvalue weighted by Crippen LogP contribution is -2.47. The SMILES string of the molecule is CCCNC(CN1C(=O)C2CCCC2C1=O)C(C)CC. The van der Waals surface area contributed by atoms with Gasteiger partial charge in [-0.3, -0.25) is 14.5 Å². The Morgan fingerprint density at radius 2 is 1.80 bits per heavy atom. The first-order chi connectivity index (χ1) is 9.60. The standard InChI is InChI=1S/C16H28N2O2/c1-4-9-17-14(11(3)5-2)10-18-15(19)12-7-6-8-13(12)16(18)20/h11-14,17H,4-10H2,1-3H3. The Morgan fingerprint density at radius 1 is 1.20 bits per heavy atom. The number of amides is 2. The van der Waals surface area contributed by atoms with Crippen molar-refractivity contribution in [2.24, 2.45) is 17.8 Å². The average Bonchev–Trinajstić information content (AvgIpc) is 3.01. The van der Waals surface area contributed by atoms with Crippen LogP contribution >= 0.6 is 0 Å². The van der Waals surface area contributed by atoms with Crippen molar-refractivity contribution < 1.29 is 9.59 Å². The Kier molecular flexibility index (Phi) is 5.19. The Morgan fingerprint density at radius 3 is 2.30 bits per heavy atom. The van der Waals surface area contributed by atoms with Crippen LogP contribution in [0.1, 0.15) is 52.9 Å². The van der Waals surface area contributed by atoms with Gasteiger partial charge in [0.05, 0.1) is 11.8 Å². The fraction of sp³-hybridized carbons (Fsp3) is 0.875. The minimum Gasteiger partial charge on any atom is -0.312 e. The second-order valence-electron chi connectivity index (χ2n) is 6.38. The monoisotopic (exact) mass is 280 g/mol. The Hall–Kier alpha value is -0.900. The number of carbonyl (C=O) groups is 2. The molecule has 1 saturated heterocycles. The molecule has 4 heteroatoms. The lowest BCUT2D eigenvalue weighted by Gasteiger charge is -2.28. The molecule has 1 heterocycles. The van der Waals surface area contributed by atoms with Crippen molar-refractivity contribution in [1.29, 1.82) is 0 Å². The van der Waals surface area contributed by atoms with Crippen LogP contribution < -0.4 is 5.32 Å². The molecule has 2 rings (SSSR count). The van der Waals surface area contributed by atoms with Crippen molar-refractivity contribution in [3.05, 3.63) is 0 Å². The zero-order chi connectivity index (χ0) is 14.7. The van der Waals surface area contributed by atoms with Gasteiger partial charge in [-0.1, -0.05) is 33.6 Å². The summed E-state index contributed by atoms with van der Waals surface area (Å²) in [5, 5.41) is 3.51. The number of nitrogens with zero attached hydrogens (tertiary/aromatic N) is 1. The molecule has 0 spiro atoms. The minimum absolute atomic E-state index is 0.00809. The van der Waals surface area contributed by atoms with Crippen LogP contribution in [0.3, 0.4) is 0 Å². The molecule has 114 valence electrons. The Balaban J connectivity index is 2.02. The van der Waals surface area contributed by atoms with E-state index < -0.39 is 0 Å². The number of fused-ring (bicyclic) bond motifs is 1. The van der Waals surface area contributed by atoms with Crippen LogP contribution in [0.2, 0.25) is 0 Å². The molecule has 0 bridgehead atoms. The van der Waals surface area contributed by atoms with E-state index in [0.29, 0.717) is 12.5 Å². The second-order valence-corrected chi connectivity index (χ2v) is 6.38.